The maximum absolute atomic E-state index is 12.4. The fourth-order valence-corrected chi connectivity index (χ4v) is 3.51. The van der Waals surface area contributed by atoms with Crippen molar-refractivity contribution in [2.24, 2.45) is 0 Å². The summed E-state index contributed by atoms with van der Waals surface area (Å²) in [5, 5.41) is 0. The van der Waals surface area contributed by atoms with Gasteiger partial charge < -0.3 is 25.7 Å². The van der Waals surface area contributed by atoms with E-state index in [4.69, 9.17) is 25.7 Å². The Balaban J connectivity index is 1.39. The van der Waals surface area contributed by atoms with Crippen molar-refractivity contribution < 1.29 is 37.0 Å². The van der Waals surface area contributed by atoms with Gasteiger partial charge in [-0.15, -0.1) is 0 Å². The van der Waals surface area contributed by atoms with Crippen molar-refractivity contribution in [3.8, 4) is 11.5 Å². The van der Waals surface area contributed by atoms with E-state index in [0.29, 0.717) is 41.3 Å². The number of benzene rings is 3. The lowest BCUT2D eigenvalue weighted by Crippen LogP contribution is -2.10. The summed E-state index contributed by atoms with van der Waals surface area (Å²) in [5.41, 5.74) is 14.7. The highest BCUT2D eigenvalue weighted by Crippen LogP contribution is 2.22. The number of esters is 2. The molecule has 3 aromatic carbocycles. The number of hydrogen-bond acceptors (Lipinski definition) is 7. The lowest BCUT2D eigenvalue weighted by Gasteiger charge is -2.09. The molecule has 0 saturated carbocycles. The molecule has 0 fully saturated rings. The molecule has 3 rings (SSSR count). The molecule has 0 aromatic heterocycles. The molecular weight excluding hydrogens is 513 g/mol. The minimum atomic E-state index is -4.22. The number of carbonyl (C=O) groups is 2. The highest BCUT2D eigenvalue weighted by Gasteiger charge is 2.26. The van der Waals surface area contributed by atoms with Crippen molar-refractivity contribution >= 4 is 29.4 Å². The number of nitrogens with two attached hydrogens (primary N) is 2. The molecule has 0 heterocycles. The van der Waals surface area contributed by atoms with Crippen molar-refractivity contribution in [2.75, 3.05) is 24.7 Å². The van der Waals surface area contributed by atoms with Gasteiger partial charge in [-0.1, -0.05) is 12.1 Å². The third-order valence-electron chi connectivity index (χ3n) is 5.36. The Hall–Kier alpha value is -4.47. The van der Waals surface area contributed by atoms with Gasteiger partial charge in [0.25, 0.3) is 0 Å². The molecule has 0 spiro atoms. The summed E-state index contributed by atoms with van der Waals surface area (Å²) in [6, 6.07) is 17.8. The van der Waals surface area contributed by atoms with E-state index in [0.717, 1.165) is 5.56 Å². The number of alkyl halides is 3. The molecule has 4 N–H and O–H groups in total. The molecule has 0 aliphatic heterocycles. The third-order valence-corrected chi connectivity index (χ3v) is 5.36. The molecule has 0 bridgehead atoms. The zero-order chi connectivity index (χ0) is 28.3. The molecule has 0 saturated heterocycles. The number of halogens is 3. The Morgan fingerprint density at radius 2 is 1.46 bits per heavy atom. The van der Waals surface area contributed by atoms with Crippen LogP contribution in [-0.2, 0) is 16.0 Å². The number of ether oxygens (including phenoxy) is 3. The molecule has 206 valence electrons. The van der Waals surface area contributed by atoms with Crippen LogP contribution in [0.3, 0.4) is 0 Å². The van der Waals surface area contributed by atoms with Gasteiger partial charge in [0.1, 0.15) is 11.5 Å². The van der Waals surface area contributed by atoms with Gasteiger partial charge >= 0.3 is 18.1 Å². The first-order chi connectivity index (χ1) is 18.6. The van der Waals surface area contributed by atoms with Crippen LogP contribution in [0.1, 0.15) is 40.7 Å². The number of hydrogen-bond donors (Lipinski definition) is 2. The van der Waals surface area contributed by atoms with E-state index in [1.54, 1.807) is 36.4 Å². The number of anilines is 2. The second-order valence-electron chi connectivity index (χ2n) is 8.66. The van der Waals surface area contributed by atoms with Crippen LogP contribution in [0.15, 0.2) is 72.8 Å². The predicted octanol–water partition coefficient (Wildman–Crippen LogP) is 5.98. The van der Waals surface area contributed by atoms with Gasteiger partial charge in [-0.25, -0.2) is 9.59 Å². The van der Waals surface area contributed by atoms with Crippen LogP contribution in [0, 0.1) is 0 Å². The summed E-state index contributed by atoms with van der Waals surface area (Å²) in [5.74, 6) is -0.430. The first-order valence-corrected chi connectivity index (χ1v) is 12.2. The molecule has 7 nitrogen and oxygen atoms in total. The van der Waals surface area contributed by atoms with Crippen molar-refractivity contribution in [3.05, 3.63) is 89.5 Å². The average molecular weight is 543 g/mol. The van der Waals surface area contributed by atoms with E-state index in [9.17, 15) is 22.8 Å². The van der Waals surface area contributed by atoms with Gasteiger partial charge in [0.2, 0.25) is 0 Å². The number of carbonyl (C=O) groups excluding carboxylic acids is 2. The quantitative estimate of drug-likeness (QED) is 0.0951. The monoisotopic (exact) mass is 542 g/mol. The van der Waals surface area contributed by atoms with Crippen molar-refractivity contribution in [3.63, 3.8) is 0 Å². The van der Waals surface area contributed by atoms with Gasteiger partial charge in [-0.05, 0) is 91.1 Å². The summed E-state index contributed by atoms with van der Waals surface area (Å²) >= 11 is 0. The fourth-order valence-electron chi connectivity index (χ4n) is 3.51. The second kappa shape index (κ2) is 13.9. The van der Waals surface area contributed by atoms with Crippen LogP contribution in [0.5, 0.6) is 11.5 Å². The summed E-state index contributed by atoms with van der Waals surface area (Å²) < 4.78 is 52.3. The third kappa shape index (κ3) is 10.8. The SMILES string of the molecule is Nc1cc(N)cc(CCCOC(=O)/C=C/c2ccc(OC(=O)c3ccc(OCCCC(F)(F)F)cc3)cc2)c1. The maximum atomic E-state index is 12.4. The standard InChI is InChI=1S/C29H29F3N2O5/c30-29(31,32)14-2-16-37-25-11-7-22(8-12-25)28(36)39-26-9-4-20(5-10-26)6-13-27(35)38-15-1-3-21-17-23(33)19-24(34)18-21/h4-13,17-19H,1-3,14-16,33-34H2/b13-6+. The van der Waals surface area contributed by atoms with Gasteiger partial charge in [0, 0.05) is 23.9 Å². The van der Waals surface area contributed by atoms with Gasteiger partial charge in [-0.2, -0.15) is 13.2 Å². The maximum Gasteiger partial charge on any atom is 0.389 e. The van der Waals surface area contributed by atoms with Crippen LogP contribution in [0.4, 0.5) is 24.5 Å². The lowest BCUT2D eigenvalue weighted by molar-refractivity contribution is -0.138. The molecule has 0 radical (unpaired) electrons. The molecule has 3 aromatic rings. The van der Waals surface area contributed by atoms with E-state index in [-0.39, 0.29) is 25.2 Å². The lowest BCUT2D eigenvalue weighted by atomic mass is 10.1. The van der Waals surface area contributed by atoms with Crippen LogP contribution in [0.25, 0.3) is 6.08 Å². The molecule has 39 heavy (non-hydrogen) atoms. The van der Waals surface area contributed by atoms with E-state index in [2.05, 4.69) is 0 Å². The summed E-state index contributed by atoms with van der Waals surface area (Å²) in [6.45, 7) is 0.167. The van der Waals surface area contributed by atoms with E-state index in [1.807, 2.05) is 12.1 Å². The molecule has 0 atom stereocenters. The summed E-state index contributed by atoms with van der Waals surface area (Å²) in [6.07, 6.45) is -1.09. The number of aryl methyl sites for hydroxylation is 1. The molecular formula is C29H29F3N2O5. The highest BCUT2D eigenvalue weighted by molar-refractivity contribution is 5.91. The zero-order valence-corrected chi connectivity index (χ0v) is 21.1. The van der Waals surface area contributed by atoms with Gasteiger partial charge in [0.05, 0.1) is 18.8 Å². The Bertz CT molecular complexity index is 1250. The molecule has 0 aliphatic rings. The van der Waals surface area contributed by atoms with Crippen molar-refractivity contribution in [1.29, 1.82) is 0 Å². The number of nitrogen functional groups attached to an aromatic ring is 2. The van der Waals surface area contributed by atoms with E-state index in [1.165, 1.54) is 30.3 Å². The van der Waals surface area contributed by atoms with Crippen LogP contribution < -0.4 is 20.9 Å². The molecule has 0 amide bonds. The number of rotatable bonds is 12. The van der Waals surface area contributed by atoms with Gasteiger partial charge in [-0.3, -0.25) is 0 Å². The van der Waals surface area contributed by atoms with Gasteiger partial charge in [0.15, 0.2) is 0 Å². The Kier molecular flexibility index (Phi) is 10.4. The predicted molar refractivity (Wildman–Crippen MR) is 142 cm³/mol. The largest absolute Gasteiger partial charge is 0.494 e. The average Bonchev–Trinajstić information content (AvgIpc) is 2.88. The Labute approximate surface area is 224 Å². The van der Waals surface area contributed by atoms with E-state index >= 15 is 0 Å². The first-order valence-electron chi connectivity index (χ1n) is 12.2. The Morgan fingerprint density at radius 1 is 0.821 bits per heavy atom. The normalized spacial score (nSPS) is 11.4. The minimum Gasteiger partial charge on any atom is -0.494 e. The molecule has 10 heteroatoms. The summed E-state index contributed by atoms with van der Waals surface area (Å²) in [7, 11) is 0. The smallest absolute Gasteiger partial charge is 0.389 e. The minimum absolute atomic E-state index is 0.0814. The van der Waals surface area contributed by atoms with Crippen LogP contribution in [0.2, 0.25) is 0 Å². The second-order valence-corrected chi connectivity index (χ2v) is 8.66. The van der Waals surface area contributed by atoms with Crippen LogP contribution in [-0.4, -0.2) is 31.3 Å². The molecule has 0 aliphatic carbocycles. The first kappa shape index (κ1) is 29.1. The highest BCUT2D eigenvalue weighted by atomic mass is 19.4. The summed E-state index contributed by atoms with van der Waals surface area (Å²) in [4.78, 5) is 24.3. The molecule has 0 unspecified atom stereocenters. The fraction of sp³-hybridized carbons (Fsp3) is 0.241. The van der Waals surface area contributed by atoms with Crippen LogP contribution >= 0.6 is 0 Å². The van der Waals surface area contributed by atoms with Crippen molar-refractivity contribution in [1.82, 2.24) is 0 Å². The van der Waals surface area contributed by atoms with Crippen molar-refractivity contribution in [2.45, 2.75) is 31.9 Å². The topological polar surface area (TPSA) is 114 Å². The Morgan fingerprint density at radius 3 is 2.10 bits per heavy atom. The van der Waals surface area contributed by atoms with E-state index < -0.39 is 24.5 Å². The zero-order valence-electron chi connectivity index (χ0n) is 21.1.